The van der Waals surface area contributed by atoms with Gasteiger partial charge >= 0.3 is 0 Å². The smallest absolute Gasteiger partial charge is 0.247 e. The summed E-state index contributed by atoms with van der Waals surface area (Å²) in [5.74, 6) is 0.489. The maximum Gasteiger partial charge on any atom is 0.247 e. The second-order valence-electron chi connectivity index (χ2n) is 6.92. The number of carbonyl (C=O) groups is 2. The molecule has 0 aliphatic carbocycles. The van der Waals surface area contributed by atoms with Gasteiger partial charge in [-0.1, -0.05) is 35.5 Å². The molecule has 2 amide bonds. The highest BCUT2D eigenvalue weighted by atomic mass is 16.5. The molecule has 0 saturated carbocycles. The van der Waals surface area contributed by atoms with Gasteiger partial charge in [-0.3, -0.25) is 9.59 Å². The number of aromatic nitrogens is 1. The first-order chi connectivity index (χ1) is 13.6. The van der Waals surface area contributed by atoms with Crippen LogP contribution in [0.15, 0.2) is 47.0 Å². The fourth-order valence-corrected chi connectivity index (χ4v) is 3.15. The van der Waals surface area contributed by atoms with E-state index in [0.29, 0.717) is 18.1 Å². The molecule has 148 valence electrons. The molecule has 1 saturated heterocycles. The molecule has 0 atom stereocenters. The Labute approximate surface area is 165 Å². The molecular weight excluding hydrogens is 356 g/mol. The van der Waals surface area contributed by atoms with Crippen LogP contribution in [0.1, 0.15) is 24.2 Å². The number of nitrogens with zero attached hydrogens (tertiary/aromatic N) is 3. The Balaban J connectivity index is 1.61. The zero-order chi connectivity index (χ0) is 19.8. The van der Waals surface area contributed by atoms with Crippen LogP contribution in [0.5, 0.6) is 0 Å². The molecule has 2 heterocycles. The van der Waals surface area contributed by atoms with Crippen LogP contribution >= 0.6 is 0 Å². The number of anilines is 1. The second kappa shape index (κ2) is 9.85. The fourth-order valence-electron chi connectivity index (χ4n) is 3.15. The van der Waals surface area contributed by atoms with Crippen LogP contribution in [-0.2, 0) is 9.59 Å². The van der Waals surface area contributed by atoms with Crippen LogP contribution in [0, 0.1) is 6.92 Å². The molecule has 0 spiro atoms. The minimum atomic E-state index is -0.295. The van der Waals surface area contributed by atoms with Crippen molar-refractivity contribution in [3.63, 3.8) is 0 Å². The lowest BCUT2D eigenvalue weighted by atomic mass is 10.2. The summed E-state index contributed by atoms with van der Waals surface area (Å²) in [5, 5.41) is 6.43. The standard InChI is InChI=1S/C21H26N4O3/c1-17-15-19(23-28-17)22-20(26)16-25(14-13-24-11-5-6-12-24)21(27)10-9-18-7-3-2-4-8-18/h2-4,7-10,15H,5-6,11-14,16H2,1H3,(H,22,23,26)/b10-9+. The summed E-state index contributed by atoms with van der Waals surface area (Å²) < 4.78 is 4.96. The summed E-state index contributed by atoms with van der Waals surface area (Å²) in [6.07, 6.45) is 5.67. The van der Waals surface area contributed by atoms with Gasteiger partial charge in [-0.25, -0.2) is 0 Å². The highest BCUT2D eigenvalue weighted by molar-refractivity contribution is 5.97. The Morgan fingerprint density at radius 1 is 1.25 bits per heavy atom. The van der Waals surface area contributed by atoms with E-state index in [1.165, 1.54) is 18.9 Å². The van der Waals surface area contributed by atoms with Gasteiger partial charge in [0.1, 0.15) is 12.3 Å². The summed E-state index contributed by atoms with van der Waals surface area (Å²) in [4.78, 5) is 29.0. The van der Waals surface area contributed by atoms with Gasteiger partial charge in [0.15, 0.2) is 5.82 Å². The van der Waals surface area contributed by atoms with Crippen molar-refractivity contribution >= 4 is 23.7 Å². The van der Waals surface area contributed by atoms with E-state index in [0.717, 1.165) is 25.2 Å². The summed E-state index contributed by atoms with van der Waals surface area (Å²) >= 11 is 0. The molecule has 1 N–H and O–H groups in total. The van der Waals surface area contributed by atoms with Gasteiger partial charge in [-0.2, -0.15) is 0 Å². The predicted octanol–water partition coefficient (Wildman–Crippen LogP) is 2.56. The highest BCUT2D eigenvalue weighted by Crippen LogP contribution is 2.09. The minimum absolute atomic E-state index is 0.0300. The van der Waals surface area contributed by atoms with Crippen LogP contribution in [0.4, 0.5) is 5.82 Å². The van der Waals surface area contributed by atoms with Crippen LogP contribution in [0.2, 0.25) is 0 Å². The van der Waals surface area contributed by atoms with E-state index in [2.05, 4.69) is 15.4 Å². The lowest BCUT2D eigenvalue weighted by molar-refractivity contribution is -0.130. The normalized spacial score (nSPS) is 14.5. The third kappa shape index (κ3) is 6.06. The van der Waals surface area contributed by atoms with E-state index in [9.17, 15) is 9.59 Å². The van der Waals surface area contributed by atoms with Crippen molar-refractivity contribution in [3.8, 4) is 0 Å². The first kappa shape index (κ1) is 19.8. The van der Waals surface area contributed by atoms with Crippen LogP contribution in [0.3, 0.4) is 0 Å². The molecule has 1 aliphatic rings. The van der Waals surface area contributed by atoms with Crippen LogP contribution in [-0.4, -0.2) is 59.5 Å². The predicted molar refractivity (Wildman–Crippen MR) is 108 cm³/mol. The molecule has 3 rings (SSSR count). The van der Waals surface area contributed by atoms with Gasteiger partial charge in [0, 0.05) is 25.2 Å². The van der Waals surface area contributed by atoms with E-state index in [1.54, 1.807) is 24.0 Å². The van der Waals surface area contributed by atoms with Crippen LogP contribution in [0.25, 0.3) is 6.08 Å². The van der Waals surface area contributed by atoms with E-state index < -0.39 is 0 Å². The molecule has 0 unspecified atom stereocenters. The molecule has 0 radical (unpaired) electrons. The lowest BCUT2D eigenvalue weighted by Gasteiger charge is -2.24. The zero-order valence-corrected chi connectivity index (χ0v) is 16.1. The average molecular weight is 382 g/mol. The third-order valence-corrected chi connectivity index (χ3v) is 4.64. The summed E-state index contributed by atoms with van der Waals surface area (Å²) in [6, 6.07) is 11.3. The van der Waals surface area contributed by atoms with Crippen molar-refractivity contribution < 1.29 is 14.1 Å². The fraction of sp³-hybridized carbons (Fsp3) is 0.381. The highest BCUT2D eigenvalue weighted by Gasteiger charge is 2.19. The Morgan fingerprint density at radius 3 is 2.68 bits per heavy atom. The minimum Gasteiger partial charge on any atom is -0.360 e. The number of aryl methyl sites for hydroxylation is 1. The van der Waals surface area contributed by atoms with Gasteiger partial charge in [0.05, 0.1) is 0 Å². The number of hydrogen-bond acceptors (Lipinski definition) is 5. The zero-order valence-electron chi connectivity index (χ0n) is 16.1. The molecule has 1 aromatic heterocycles. The average Bonchev–Trinajstić information content (AvgIpc) is 3.35. The van der Waals surface area contributed by atoms with Crippen molar-refractivity contribution in [2.45, 2.75) is 19.8 Å². The number of amides is 2. The maximum atomic E-state index is 12.7. The second-order valence-corrected chi connectivity index (χ2v) is 6.92. The van der Waals surface area contributed by atoms with Crippen molar-refractivity contribution in [2.24, 2.45) is 0 Å². The number of nitrogens with one attached hydrogen (secondary N) is 1. The summed E-state index contributed by atoms with van der Waals surface area (Å²) in [5.41, 5.74) is 0.942. The van der Waals surface area contributed by atoms with Crippen LogP contribution < -0.4 is 5.32 Å². The van der Waals surface area contributed by atoms with Crippen molar-refractivity contribution in [1.29, 1.82) is 0 Å². The van der Waals surface area contributed by atoms with Gasteiger partial charge in [-0.15, -0.1) is 0 Å². The van der Waals surface area contributed by atoms with Gasteiger partial charge in [0.25, 0.3) is 0 Å². The van der Waals surface area contributed by atoms with Crippen molar-refractivity contribution in [2.75, 3.05) is 38.0 Å². The molecule has 1 aliphatic heterocycles. The maximum absolute atomic E-state index is 12.7. The monoisotopic (exact) mass is 382 g/mol. The van der Waals surface area contributed by atoms with E-state index in [4.69, 9.17) is 4.52 Å². The first-order valence-corrected chi connectivity index (χ1v) is 9.58. The largest absolute Gasteiger partial charge is 0.360 e. The number of benzene rings is 1. The number of hydrogen-bond donors (Lipinski definition) is 1. The summed E-state index contributed by atoms with van der Waals surface area (Å²) in [7, 11) is 0. The Bertz CT molecular complexity index is 810. The Morgan fingerprint density at radius 2 is 2.00 bits per heavy atom. The number of rotatable bonds is 8. The number of likely N-dealkylation sites (tertiary alicyclic amines) is 1. The van der Waals surface area contributed by atoms with Crippen molar-refractivity contribution in [1.82, 2.24) is 15.0 Å². The van der Waals surface area contributed by atoms with Gasteiger partial charge in [0.2, 0.25) is 11.8 Å². The van der Waals surface area contributed by atoms with Gasteiger partial charge < -0.3 is 19.6 Å². The molecule has 1 aromatic carbocycles. The van der Waals surface area contributed by atoms with E-state index in [-0.39, 0.29) is 18.4 Å². The quantitative estimate of drug-likeness (QED) is 0.710. The third-order valence-electron chi connectivity index (χ3n) is 4.64. The Kier molecular flexibility index (Phi) is 6.97. The SMILES string of the molecule is Cc1cc(NC(=O)CN(CCN2CCCC2)C(=O)/C=C/c2ccccc2)no1. The van der Waals surface area contributed by atoms with Gasteiger partial charge in [-0.05, 0) is 44.5 Å². The molecule has 1 fully saturated rings. The Hall–Kier alpha value is -2.93. The topological polar surface area (TPSA) is 78.7 Å². The first-order valence-electron chi connectivity index (χ1n) is 9.58. The van der Waals surface area contributed by atoms with E-state index in [1.807, 2.05) is 30.3 Å². The van der Waals surface area contributed by atoms with E-state index >= 15 is 0 Å². The molecular formula is C21H26N4O3. The van der Waals surface area contributed by atoms with Crippen molar-refractivity contribution in [3.05, 3.63) is 53.8 Å². The number of carbonyl (C=O) groups excluding carboxylic acids is 2. The molecule has 2 aromatic rings. The molecule has 7 heteroatoms. The molecule has 28 heavy (non-hydrogen) atoms. The lowest BCUT2D eigenvalue weighted by Crippen LogP contribution is -2.41. The molecule has 0 bridgehead atoms. The summed E-state index contributed by atoms with van der Waals surface area (Å²) in [6.45, 7) is 5.09. The molecule has 7 nitrogen and oxygen atoms in total.